The Morgan fingerprint density at radius 2 is 2.00 bits per heavy atom. The van der Waals surface area contributed by atoms with Gasteiger partial charge in [-0.3, -0.25) is 0 Å². The third kappa shape index (κ3) is 2.95. The summed E-state index contributed by atoms with van der Waals surface area (Å²) in [5.74, 6) is 0.462. The molecular formula is C14H21ClN2O2S. The van der Waals surface area contributed by atoms with E-state index in [9.17, 15) is 8.42 Å². The number of nitrogens with one attached hydrogen (secondary N) is 1. The van der Waals surface area contributed by atoms with E-state index in [1.165, 1.54) is 6.07 Å². The number of anilines is 1. The number of halogens is 1. The van der Waals surface area contributed by atoms with Crippen LogP contribution in [0.25, 0.3) is 0 Å². The van der Waals surface area contributed by atoms with Crippen LogP contribution in [0.1, 0.15) is 32.3 Å². The Hall–Kier alpha value is -0.780. The van der Waals surface area contributed by atoms with Crippen LogP contribution in [0.2, 0.25) is 5.02 Å². The van der Waals surface area contributed by atoms with E-state index in [2.05, 4.69) is 18.6 Å². The molecule has 0 atom stereocenters. The number of rotatable bonds is 5. The van der Waals surface area contributed by atoms with Gasteiger partial charge in [0.25, 0.3) is 0 Å². The van der Waals surface area contributed by atoms with E-state index in [0.29, 0.717) is 18.2 Å². The molecule has 20 heavy (non-hydrogen) atoms. The first kappa shape index (κ1) is 15.6. The van der Waals surface area contributed by atoms with Gasteiger partial charge in [-0.15, -0.1) is 0 Å². The fourth-order valence-corrected chi connectivity index (χ4v) is 4.06. The van der Waals surface area contributed by atoms with Crippen molar-refractivity contribution in [3.8, 4) is 0 Å². The first-order valence-corrected chi connectivity index (χ1v) is 8.59. The highest BCUT2D eigenvalue weighted by molar-refractivity contribution is 7.89. The molecule has 1 saturated carbocycles. The molecule has 1 aromatic rings. The maximum Gasteiger partial charge on any atom is 0.242 e. The van der Waals surface area contributed by atoms with Crippen LogP contribution in [-0.4, -0.2) is 15.0 Å². The molecule has 6 heteroatoms. The molecule has 4 nitrogen and oxygen atoms in total. The highest BCUT2D eigenvalue weighted by Gasteiger charge is 2.45. The largest absolute Gasteiger partial charge is 0.398 e. The lowest BCUT2D eigenvalue weighted by atomic mass is 9.93. The van der Waals surface area contributed by atoms with Crippen molar-refractivity contribution in [1.82, 2.24) is 4.72 Å². The molecule has 0 saturated heterocycles. The first-order chi connectivity index (χ1) is 9.18. The van der Waals surface area contributed by atoms with Crippen molar-refractivity contribution in [3.63, 3.8) is 0 Å². The van der Waals surface area contributed by atoms with Gasteiger partial charge in [-0.25, -0.2) is 13.1 Å². The summed E-state index contributed by atoms with van der Waals surface area (Å²) in [5.41, 5.74) is 7.09. The van der Waals surface area contributed by atoms with Crippen molar-refractivity contribution in [2.24, 2.45) is 11.3 Å². The number of aryl methyl sites for hydroxylation is 1. The molecule has 1 aromatic carbocycles. The average Bonchev–Trinajstić information content (AvgIpc) is 3.12. The molecule has 1 aliphatic carbocycles. The van der Waals surface area contributed by atoms with E-state index in [-0.39, 0.29) is 15.3 Å². The molecule has 1 aliphatic rings. The lowest BCUT2D eigenvalue weighted by Gasteiger charge is -2.20. The van der Waals surface area contributed by atoms with Crippen LogP contribution in [0.5, 0.6) is 0 Å². The zero-order valence-electron chi connectivity index (χ0n) is 12.0. The molecule has 0 bridgehead atoms. The Labute approximate surface area is 125 Å². The zero-order valence-corrected chi connectivity index (χ0v) is 13.6. The van der Waals surface area contributed by atoms with Crippen molar-refractivity contribution < 1.29 is 8.42 Å². The van der Waals surface area contributed by atoms with E-state index in [1.807, 2.05) is 0 Å². The Morgan fingerprint density at radius 1 is 1.40 bits per heavy atom. The van der Waals surface area contributed by atoms with Crippen LogP contribution in [-0.2, 0) is 10.0 Å². The van der Waals surface area contributed by atoms with E-state index in [1.54, 1.807) is 13.0 Å². The first-order valence-electron chi connectivity index (χ1n) is 6.73. The molecule has 0 spiro atoms. The summed E-state index contributed by atoms with van der Waals surface area (Å²) in [6.45, 7) is 6.50. The SMILES string of the molecule is Cc1cc(Cl)c(S(=O)(=O)NCC2(C(C)C)CC2)cc1N. The lowest BCUT2D eigenvalue weighted by Crippen LogP contribution is -2.32. The number of nitrogen functional groups attached to an aromatic ring is 1. The van der Waals surface area contributed by atoms with Crippen LogP contribution >= 0.6 is 11.6 Å². The standard InChI is InChI=1S/C14H21ClN2O2S/c1-9(2)14(4-5-14)8-17-20(18,19)13-7-12(16)10(3)6-11(13)15/h6-7,9,17H,4-5,8,16H2,1-3H3. The maximum absolute atomic E-state index is 12.4. The summed E-state index contributed by atoms with van der Waals surface area (Å²) >= 11 is 6.04. The Kier molecular flexibility index (Phi) is 4.06. The Balaban J connectivity index is 2.21. The minimum Gasteiger partial charge on any atom is -0.398 e. The van der Waals surface area contributed by atoms with Crippen molar-refractivity contribution >= 4 is 27.3 Å². The molecule has 3 N–H and O–H groups in total. The quantitative estimate of drug-likeness (QED) is 0.820. The van der Waals surface area contributed by atoms with E-state index >= 15 is 0 Å². The van der Waals surface area contributed by atoms with Gasteiger partial charge < -0.3 is 5.73 Å². The van der Waals surface area contributed by atoms with Crippen molar-refractivity contribution in [2.75, 3.05) is 12.3 Å². The number of hydrogen-bond donors (Lipinski definition) is 2. The molecule has 0 amide bonds. The summed E-state index contributed by atoms with van der Waals surface area (Å²) in [4.78, 5) is 0.0572. The number of sulfonamides is 1. The minimum absolute atomic E-state index is 0.0572. The van der Waals surface area contributed by atoms with Crippen LogP contribution in [0, 0.1) is 18.3 Å². The predicted molar refractivity (Wildman–Crippen MR) is 82.3 cm³/mol. The maximum atomic E-state index is 12.4. The van der Waals surface area contributed by atoms with E-state index < -0.39 is 10.0 Å². The van der Waals surface area contributed by atoms with Gasteiger partial charge in [0.15, 0.2) is 0 Å². The van der Waals surface area contributed by atoms with Crippen LogP contribution in [0.4, 0.5) is 5.69 Å². The molecule has 112 valence electrons. The summed E-state index contributed by atoms with van der Waals surface area (Å²) in [5, 5.41) is 0.207. The van der Waals surface area contributed by atoms with Crippen molar-refractivity contribution in [1.29, 1.82) is 0 Å². The second kappa shape index (κ2) is 5.20. The third-order valence-corrected chi connectivity index (χ3v) is 6.21. The Bertz CT molecular complexity index is 622. The number of hydrogen-bond acceptors (Lipinski definition) is 3. The second-order valence-corrected chi connectivity index (χ2v) is 8.12. The van der Waals surface area contributed by atoms with Gasteiger partial charge in [0.2, 0.25) is 10.0 Å². The van der Waals surface area contributed by atoms with Gasteiger partial charge in [-0.1, -0.05) is 25.4 Å². The van der Waals surface area contributed by atoms with Gasteiger partial charge in [-0.05, 0) is 48.8 Å². The van der Waals surface area contributed by atoms with Crippen molar-refractivity contribution in [3.05, 3.63) is 22.7 Å². The molecule has 0 aliphatic heterocycles. The summed E-state index contributed by atoms with van der Waals surface area (Å²) in [6, 6.07) is 3.01. The van der Waals surface area contributed by atoms with Gasteiger partial charge in [0.05, 0.1) is 5.02 Å². The Morgan fingerprint density at radius 3 is 2.50 bits per heavy atom. The normalized spacial score (nSPS) is 17.4. The number of nitrogens with two attached hydrogens (primary N) is 1. The topological polar surface area (TPSA) is 72.2 Å². The zero-order chi connectivity index (χ0) is 15.1. The summed E-state index contributed by atoms with van der Waals surface area (Å²) in [6.07, 6.45) is 2.13. The molecule has 0 radical (unpaired) electrons. The van der Waals surface area contributed by atoms with Crippen LogP contribution in [0.3, 0.4) is 0 Å². The van der Waals surface area contributed by atoms with Gasteiger partial charge >= 0.3 is 0 Å². The van der Waals surface area contributed by atoms with Gasteiger partial charge in [0.1, 0.15) is 4.90 Å². The van der Waals surface area contributed by atoms with Crippen molar-refractivity contribution in [2.45, 2.75) is 38.5 Å². The highest BCUT2D eigenvalue weighted by Crippen LogP contribution is 2.51. The monoisotopic (exact) mass is 316 g/mol. The van der Waals surface area contributed by atoms with Gasteiger partial charge in [-0.2, -0.15) is 0 Å². The molecule has 2 rings (SSSR count). The smallest absolute Gasteiger partial charge is 0.242 e. The van der Waals surface area contributed by atoms with E-state index in [0.717, 1.165) is 18.4 Å². The molecule has 0 heterocycles. The number of benzene rings is 1. The lowest BCUT2D eigenvalue weighted by molar-refractivity contribution is 0.357. The molecule has 0 aromatic heterocycles. The highest BCUT2D eigenvalue weighted by atomic mass is 35.5. The fraction of sp³-hybridized carbons (Fsp3) is 0.571. The third-order valence-electron chi connectivity index (χ3n) is 4.34. The summed E-state index contributed by atoms with van der Waals surface area (Å²) < 4.78 is 27.4. The minimum atomic E-state index is -3.62. The average molecular weight is 317 g/mol. The predicted octanol–water partition coefficient (Wildman–Crippen LogP) is 2.95. The fourth-order valence-electron chi connectivity index (χ4n) is 2.31. The van der Waals surface area contributed by atoms with Gasteiger partial charge in [0, 0.05) is 12.2 Å². The molecule has 1 fully saturated rings. The molecule has 0 unspecified atom stereocenters. The van der Waals surface area contributed by atoms with Crippen LogP contribution < -0.4 is 10.5 Å². The van der Waals surface area contributed by atoms with Crippen LogP contribution in [0.15, 0.2) is 17.0 Å². The second-order valence-electron chi connectivity index (χ2n) is 5.98. The van der Waals surface area contributed by atoms with E-state index in [4.69, 9.17) is 17.3 Å². The molecular weight excluding hydrogens is 296 g/mol. The summed E-state index contributed by atoms with van der Waals surface area (Å²) in [7, 11) is -3.62.